The van der Waals surface area contributed by atoms with Crippen LogP contribution in [0, 0.1) is 0 Å². The number of rotatable bonds is 2. The zero-order valence-corrected chi connectivity index (χ0v) is 12.4. The molecule has 0 bridgehead atoms. The predicted octanol–water partition coefficient (Wildman–Crippen LogP) is 0.497. The van der Waals surface area contributed by atoms with Crippen LogP contribution in [0.1, 0.15) is 0 Å². The summed E-state index contributed by atoms with van der Waals surface area (Å²) in [5.41, 5.74) is 0. The summed E-state index contributed by atoms with van der Waals surface area (Å²) in [5.74, 6) is 0. The lowest BCUT2D eigenvalue weighted by molar-refractivity contribution is 0.265. The normalized spacial score (nSPS) is 17.2. The number of piperazine rings is 1. The maximum absolute atomic E-state index is 12.4. The van der Waals surface area contributed by atoms with Crippen LogP contribution in [-0.4, -0.2) is 56.0 Å². The fourth-order valence-corrected chi connectivity index (χ4v) is 3.66. The molecule has 5 nitrogen and oxygen atoms in total. The van der Waals surface area contributed by atoms with Crippen LogP contribution in [0.3, 0.4) is 0 Å². The van der Waals surface area contributed by atoms with Gasteiger partial charge >= 0.3 is 0 Å². The van der Waals surface area contributed by atoms with E-state index in [1.54, 1.807) is 31.3 Å². The minimum atomic E-state index is -3.37. The molecule has 1 heterocycles. The van der Waals surface area contributed by atoms with Crippen molar-refractivity contribution < 1.29 is 8.42 Å². The second-order valence-corrected chi connectivity index (χ2v) is 6.58. The molecule has 0 aliphatic carbocycles. The molecule has 0 radical (unpaired) electrons. The summed E-state index contributed by atoms with van der Waals surface area (Å²) in [6.07, 6.45) is 0. The third-order valence-electron chi connectivity index (χ3n) is 3.12. The molecular weight excluding hydrogens is 282 g/mol. The molecule has 0 saturated carbocycles. The topological polar surface area (TPSA) is 52.6 Å². The van der Waals surface area contributed by atoms with Crippen molar-refractivity contribution in [1.29, 1.82) is 0 Å². The van der Waals surface area contributed by atoms with Crippen LogP contribution in [0.5, 0.6) is 0 Å². The summed E-state index contributed by atoms with van der Waals surface area (Å²) in [5, 5.41) is 3.57. The largest absolute Gasteiger partial charge is 0.366 e. The van der Waals surface area contributed by atoms with Crippen molar-refractivity contribution in [1.82, 2.24) is 14.5 Å². The van der Waals surface area contributed by atoms with Crippen molar-refractivity contribution in [3.05, 3.63) is 30.3 Å². The lowest BCUT2D eigenvalue weighted by Crippen LogP contribution is -2.52. The second-order valence-electron chi connectivity index (χ2n) is 4.26. The molecule has 1 N–H and O–H groups in total. The van der Waals surface area contributed by atoms with Gasteiger partial charge in [0, 0.05) is 33.2 Å². The second kappa shape index (κ2) is 5.85. The monoisotopic (exact) mass is 299 g/mol. The van der Waals surface area contributed by atoms with Crippen molar-refractivity contribution in [2.45, 2.75) is 4.90 Å². The molecule has 1 aromatic carbocycles. The van der Waals surface area contributed by atoms with Gasteiger partial charge in [-0.1, -0.05) is 18.2 Å². The molecule has 0 atom stereocenters. The lowest BCUT2D eigenvalue weighted by atomic mass is 10.4. The Morgan fingerprint density at radius 1 is 1.16 bits per heavy atom. The summed E-state index contributed by atoms with van der Waals surface area (Å²) in [6, 6.07) is 8.53. The minimum Gasteiger partial charge on any atom is -0.366 e. The summed E-state index contributed by atoms with van der Waals surface area (Å²) >= 11 is 5.15. The van der Waals surface area contributed by atoms with E-state index < -0.39 is 10.0 Å². The summed E-state index contributed by atoms with van der Waals surface area (Å²) in [6.45, 7) is 2.15. The average Bonchev–Trinajstić information content (AvgIpc) is 2.47. The Morgan fingerprint density at radius 3 is 2.26 bits per heavy atom. The highest BCUT2D eigenvalue weighted by molar-refractivity contribution is 7.89. The van der Waals surface area contributed by atoms with E-state index in [-0.39, 0.29) is 0 Å². The Bertz CT molecular complexity index is 537. The first kappa shape index (κ1) is 14.2. The van der Waals surface area contributed by atoms with E-state index in [9.17, 15) is 8.42 Å². The third-order valence-corrected chi connectivity index (χ3v) is 5.50. The summed E-state index contributed by atoms with van der Waals surface area (Å²) in [7, 11) is -1.60. The van der Waals surface area contributed by atoms with Crippen LogP contribution in [0.15, 0.2) is 35.2 Å². The van der Waals surface area contributed by atoms with Gasteiger partial charge in [-0.2, -0.15) is 4.31 Å². The van der Waals surface area contributed by atoms with Gasteiger partial charge in [-0.25, -0.2) is 8.42 Å². The van der Waals surface area contributed by atoms with Crippen LogP contribution in [0.4, 0.5) is 0 Å². The number of hydrogen-bond donors (Lipinski definition) is 1. The van der Waals surface area contributed by atoms with Crippen LogP contribution in [0.2, 0.25) is 0 Å². The van der Waals surface area contributed by atoms with E-state index in [0.29, 0.717) is 36.2 Å². The van der Waals surface area contributed by atoms with Gasteiger partial charge in [0.2, 0.25) is 10.0 Å². The standard InChI is InChI=1S/C12H17N3O2S2/c1-13-12(18)14-7-9-15(10-8-14)19(16,17)11-5-3-2-4-6-11/h2-6H,7-10H2,1H3,(H,13,18). The van der Waals surface area contributed by atoms with E-state index in [4.69, 9.17) is 12.2 Å². The van der Waals surface area contributed by atoms with E-state index in [0.717, 1.165) is 0 Å². The predicted molar refractivity (Wildman–Crippen MR) is 78.4 cm³/mol. The van der Waals surface area contributed by atoms with E-state index >= 15 is 0 Å². The molecule has 0 spiro atoms. The number of nitrogens with one attached hydrogen (secondary N) is 1. The molecule has 1 saturated heterocycles. The van der Waals surface area contributed by atoms with Gasteiger partial charge in [0.05, 0.1) is 4.90 Å². The van der Waals surface area contributed by atoms with Crippen molar-refractivity contribution in [2.24, 2.45) is 0 Å². The molecule has 0 aromatic heterocycles. The number of benzene rings is 1. The minimum absolute atomic E-state index is 0.347. The Labute approximate surface area is 119 Å². The first-order chi connectivity index (χ1) is 9.05. The molecule has 0 amide bonds. The Balaban J connectivity index is 2.08. The lowest BCUT2D eigenvalue weighted by Gasteiger charge is -2.35. The van der Waals surface area contributed by atoms with Gasteiger partial charge in [-0.15, -0.1) is 0 Å². The third kappa shape index (κ3) is 3.05. The number of sulfonamides is 1. The Hall–Kier alpha value is -1.18. The Kier molecular flexibility index (Phi) is 4.38. The SMILES string of the molecule is CNC(=S)N1CCN(S(=O)(=O)c2ccccc2)CC1. The molecule has 2 rings (SSSR count). The molecule has 104 valence electrons. The van der Waals surface area contributed by atoms with Crippen LogP contribution >= 0.6 is 12.2 Å². The zero-order valence-electron chi connectivity index (χ0n) is 10.7. The fraction of sp³-hybridized carbons (Fsp3) is 0.417. The van der Waals surface area contributed by atoms with Gasteiger partial charge in [0.25, 0.3) is 0 Å². The van der Waals surface area contributed by atoms with E-state index in [1.807, 2.05) is 11.0 Å². The Morgan fingerprint density at radius 2 is 1.74 bits per heavy atom. The number of nitrogens with zero attached hydrogens (tertiary/aromatic N) is 2. The van der Waals surface area contributed by atoms with Crippen molar-refractivity contribution in [3.8, 4) is 0 Å². The van der Waals surface area contributed by atoms with Gasteiger partial charge in [0.1, 0.15) is 0 Å². The first-order valence-electron chi connectivity index (χ1n) is 6.07. The first-order valence-corrected chi connectivity index (χ1v) is 7.92. The van der Waals surface area contributed by atoms with Crippen molar-refractivity contribution >= 4 is 27.4 Å². The molecule has 1 aromatic rings. The van der Waals surface area contributed by atoms with Crippen molar-refractivity contribution in [2.75, 3.05) is 33.2 Å². The maximum Gasteiger partial charge on any atom is 0.243 e. The fourth-order valence-electron chi connectivity index (χ4n) is 2.03. The van der Waals surface area contributed by atoms with Crippen LogP contribution in [0.25, 0.3) is 0 Å². The molecule has 1 fully saturated rings. The van der Waals surface area contributed by atoms with Gasteiger partial charge in [0.15, 0.2) is 5.11 Å². The summed E-state index contributed by atoms with van der Waals surface area (Å²) in [4.78, 5) is 2.33. The molecule has 1 aliphatic rings. The maximum atomic E-state index is 12.4. The molecule has 0 unspecified atom stereocenters. The highest BCUT2D eigenvalue weighted by Crippen LogP contribution is 2.17. The molecule has 1 aliphatic heterocycles. The van der Waals surface area contributed by atoms with Gasteiger partial charge in [-0.3, -0.25) is 0 Å². The van der Waals surface area contributed by atoms with Gasteiger partial charge in [-0.05, 0) is 24.4 Å². The molecular formula is C12H17N3O2S2. The van der Waals surface area contributed by atoms with Crippen molar-refractivity contribution in [3.63, 3.8) is 0 Å². The molecule has 7 heteroatoms. The number of hydrogen-bond acceptors (Lipinski definition) is 3. The summed E-state index contributed by atoms with van der Waals surface area (Å²) < 4.78 is 26.3. The van der Waals surface area contributed by atoms with Crippen LogP contribution < -0.4 is 5.32 Å². The highest BCUT2D eigenvalue weighted by atomic mass is 32.2. The zero-order chi connectivity index (χ0) is 13.9. The van der Waals surface area contributed by atoms with E-state index in [1.165, 1.54) is 4.31 Å². The molecule has 19 heavy (non-hydrogen) atoms. The van der Waals surface area contributed by atoms with E-state index in [2.05, 4.69) is 5.32 Å². The quantitative estimate of drug-likeness (QED) is 0.806. The average molecular weight is 299 g/mol. The van der Waals surface area contributed by atoms with Gasteiger partial charge < -0.3 is 10.2 Å². The smallest absolute Gasteiger partial charge is 0.243 e. The number of thiocarbonyl (C=S) groups is 1. The highest BCUT2D eigenvalue weighted by Gasteiger charge is 2.28. The van der Waals surface area contributed by atoms with Crippen LogP contribution in [-0.2, 0) is 10.0 Å².